The fraction of sp³-hybridized carbons (Fsp3) is 0.692. The standard InChI is InChI=1S/C13H21N5O3/c1-8(2)10-14-12(17(3)16-10)15-11(19)9-6-5-7-18(9)13(20)21-4/h8-9H,5-7H2,1-4H3,(H,14,15,16,19)/t9-/m1/s1. The van der Waals surface area contributed by atoms with Gasteiger partial charge in [-0.2, -0.15) is 10.1 Å². The van der Waals surface area contributed by atoms with E-state index in [2.05, 4.69) is 15.4 Å². The van der Waals surface area contributed by atoms with Crippen LogP contribution in [0.4, 0.5) is 10.7 Å². The second kappa shape index (κ2) is 6.11. The molecule has 0 bridgehead atoms. The minimum atomic E-state index is -0.517. The zero-order chi connectivity index (χ0) is 15.6. The van der Waals surface area contributed by atoms with E-state index in [1.165, 1.54) is 16.7 Å². The van der Waals surface area contributed by atoms with Crippen molar-refractivity contribution in [1.82, 2.24) is 19.7 Å². The lowest BCUT2D eigenvalue weighted by Crippen LogP contribution is -2.43. The summed E-state index contributed by atoms with van der Waals surface area (Å²) < 4.78 is 6.23. The molecule has 2 amide bonds. The first-order valence-corrected chi connectivity index (χ1v) is 7.00. The van der Waals surface area contributed by atoms with Crippen molar-refractivity contribution in [1.29, 1.82) is 0 Å². The highest BCUT2D eigenvalue weighted by Crippen LogP contribution is 2.20. The van der Waals surface area contributed by atoms with Crippen LogP contribution in [0.1, 0.15) is 38.4 Å². The highest BCUT2D eigenvalue weighted by molar-refractivity contribution is 5.95. The molecule has 0 aliphatic carbocycles. The van der Waals surface area contributed by atoms with Crippen LogP contribution in [0, 0.1) is 0 Å². The van der Waals surface area contributed by atoms with Crippen molar-refractivity contribution in [3.63, 3.8) is 0 Å². The number of hydrogen-bond acceptors (Lipinski definition) is 5. The molecule has 21 heavy (non-hydrogen) atoms. The van der Waals surface area contributed by atoms with E-state index in [-0.39, 0.29) is 11.8 Å². The van der Waals surface area contributed by atoms with Gasteiger partial charge in [-0.3, -0.25) is 15.0 Å². The number of methoxy groups -OCH3 is 1. The number of nitrogens with zero attached hydrogens (tertiary/aromatic N) is 4. The van der Waals surface area contributed by atoms with E-state index in [0.717, 1.165) is 6.42 Å². The Hall–Kier alpha value is -2.12. The largest absolute Gasteiger partial charge is 0.453 e. The third-order valence-electron chi connectivity index (χ3n) is 3.50. The van der Waals surface area contributed by atoms with Crippen molar-refractivity contribution in [2.24, 2.45) is 7.05 Å². The lowest BCUT2D eigenvalue weighted by atomic mass is 10.2. The van der Waals surface area contributed by atoms with Crippen LogP contribution in [-0.2, 0) is 16.6 Å². The number of likely N-dealkylation sites (tertiary alicyclic amines) is 1. The molecular weight excluding hydrogens is 274 g/mol. The Labute approximate surface area is 123 Å². The summed E-state index contributed by atoms with van der Waals surface area (Å²) in [5.41, 5.74) is 0. The molecule has 1 saturated heterocycles. The minimum absolute atomic E-state index is 0.180. The van der Waals surface area contributed by atoms with Gasteiger partial charge in [0.25, 0.3) is 0 Å². The van der Waals surface area contributed by atoms with E-state index in [1.54, 1.807) is 7.05 Å². The SMILES string of the molecule is COC(=O)N1CCC[C@@H]1C(=O)Nc1nc(C(C)C)nn1C. The van der Waals surface area contributed by atoms with Crippen LogP contribution in [-0.4, -0.2) is 51.4 Å². The van der Waals surface area contributed by atoms with E-state index in [0.29, 0.717) is 24.7 Å². The number of nitrogens with one attached hydrogen (secondary N) is 1. The molecule has 0 unspecified atom stereocenters. The van der Waals surface area contributed by atoms with Gasteiger partial charge in [-0.05, 0) is 12.8 Å². The number of ether oxygens (including phenoxy) is 1. The van der Waals surface area contributed by atoms with E-state index in [1.807, 2.05) is 13.8 Å². The quantitative estimate of drug-likeness (QED) is 0.902. The van der Waals surface area contributed by atoms with Gasteiger partial charge in [-0.15, -0.1) is 0 Å². The van der Waals surface area contributed by atoms with E-state index >= 15 is 0 Å². The third-order valence-corrected chi connectivity index (χ3v) is 3.50. The molecule has 8 heteroatoms. The molecule has 116 valence electrons. The Morgan fingerprint density at radius 2 is 2.14 bits per heavy atom. The molecule has 2 rings (SSSR count). The summed E-state index contributed by atoms with van der Waals surface area (Å²) in [5.74, 6) is 0.980. The van der Waals surface area contributed by atoms with E-state index in [4.69, 9.17) is 4.74 Å². The van der Waals surface area contributed by atoms with Crippen LogP contribution in [0.15, 0.2) is 0 Å². The zero-order valence-corrected chi connectivity index (χ0v) is 12.8. The van der Waals surface area contributed by atoms with Gasteiger partial charge in [0.2, 0.25) is 11.9 Å². The maximum Gasteiger partial charge on any atom is 0.410 e. The first-order valence-electron chi connectivity index (χ1n) is 7.00. The van der Waals surface area contributed by atoms with Crippen LogP contribution in [0.25, 0.3) is 0 Å². The summed E-state index contributed by atoms with van der Waals surface area (Å²) in [6.07, 6.45) is 0.924. The first kappa shape index (κ1) is 15.3. The molecule has 1 N–H and O–H groups in total. The molecular formula is C13H21N5O3. The highest BCUT2D eigenvalue weighted by Gasteiger charge is 2.35. The van der Waals surface area contributed by atoms with Crippen molar-refractivity contribution in [3.8, 4) is 0 Å². The number of amides is 2. The highest BCUT2D eigenvalue weighted by atomic mass is 16.5. The van der Waals surface area contributed by atoms with Crippen molar-refractivity contribution in [3.05, 3.63) is 5.82 Å². The molecule has 1 aromatic heterocycles. The fourth-order valence-electron chi connectivity index (χ4n) is 2.33. The van der Waals surface area contributed by atoms with Crippen LogP contribution < -0.4 is 5.32 Å². The fourth-order valence-corrected chi connectivity index (χ4v) is 2.33. The van der Waals surface area contributed by atoms with Gasteiger partial charge in [-0.25, -0.2) is 9.48 Å². The summed E-state index contributed by atoms with van der Waals surface area (Å²) in [6.45, 7) is 4.49. The number of aryl methyl sites for hydroxylation is 1. The third kappa shape index (κ3) is 3.14. The number of carbonyl (C=O) groups excluding carboxylic acids is 2. The molecule has 2 heterocycles. The monoisotopic (exact) mass is 295 g/mol. The Balaban J connectivity index is 2.09. The summed E-state index contributed by atoms with van der Waals surface area (Å²) >= 11 is 0. The van der Waals surface area contributed by atoms with Gasteiger partial charge in [0.05, 0.1) is 7.11 Å². The van der Waals surface area contributed by atoms with Crippen molar-refractivity contribution < 1.29 is 14.3 Å². The molecule has 1 aliphatic rings. The molecule has 0 radical (unpaired) electrons. The molecule has 8 nitrogen and oxygen atoms in total. The summed E-state index contributed by atoms with van der Waals surface area (Å²) in [5, 5.41) is 6.98. The second-order valence-electron chi connectivity index (χ2n) is 5.38. The molecule has 1 fully saturated rings. The van der Waals surface area contributed by atoms with Crippen LogP contribution in [0.3, 0.4) is 0 Å². The average molecular weight is 295 g/mol. The Bertz CT molecular complexity index is 540. The number of carbonyl (C=O) groups is 2. The Morgan fingerprint density at radius 1 is 1.43 bits per heavy atom. The predicted octanol–water partition coefficient (Wildman–Crippen LogP) is 1.11. The van der Waals surface area contributed by atoms with Crippen molar-refractivity contribution in [2.75, 3.05) is 19.0 Å². The molecule has 1 aliphatic heterocycles. The zero-order valence-electron chi connectivity index (χ0n) is 12.8. The van der Waals surface area contributed by atoms with Crippen molar-refractivity contribution in [2.45, 2.75) is 38.6 Å². The van der Waals surface area contributed by atoms with E-state index < -0.39 is 12.1 Å². The minimum Gasteiger partial charge on any atom is -0.453 e. The molecule has 0 aromatic carbocycles. The lowest BCUT2D eigenvalue weighted by molar-refractivity contribution is -0.120. The maximum absolute atomic E-state index is 12.3. The first-order chi connectivity index (χ1) is 9.93. The van der Waals surface area contributed by atoms with Crippen molar-refractivity contribution >= 4 is 17.9 Å². The Kier molecular flexibility index (Phi) is 4.44. The topological polar surface area (TPSA) is 89.3 Å². The smallest absolute Gasteiger partial charge is 0.410 e. The summed E-state index contributed by atoms with van der Waals surface area (Å²) in [4.78, 5) is 29.7. The maximum atomic E-state index is 12.3. The predicted molar refractivity (Wildman–Crippen MR) is 75.9 cm³/mol. The number of rotatable bonds is 3. The second-order valence-corrected chi connectivity index (χ2v) is 5.38. The average Bonchev–Trinajstić information content (AvgIpc) is 3.05. The van der Waals surface area contributed by atoms with Gasteiger partial charge < -0.3 is 4.74 Å². The van der Waals surface area contributed by atoms with Gasteiger partial charge in [-0.1, -0.05) is 13.8 Å². The van der Waals surface area contributed by atoms with Crippen LogP contribution in [0.2, 0.25) is 0 Å². The molecule has 0 spiro atoms. The summed E-state index contributed by atoms with van der Waals surface area (Å²) in [7, 11) is 3.04. The molecule has 1 atom stereocenters. The Morgan fingerprint density at radius 3 is 2.71 bits per heavy atom. The number of anilines is 1. The molecule has 0 saturated carbocycles. The lowest BCUT2D eigenvalue weighted by Gasteiger charge is -2.21. The van der Waals surface area contributed by atoms with Gasteiger partial charge in [0, 0.05) is 19.5 Å². The van der Waals surface area contributed by atoms with Gasteiger partial charge in [0.15, 0.2) is 5.82 Å². The van der Waals surface area contributed by atoms with Crippen LogP contribution >= 0.6 is 0 Å². The molecule has 1 aromatic rings. The van der Waals surface area contributed by atoms with Gasteiger partial charge in [0.1, 0.15) is 6.04 Å². The number of hydrogen-bond donors (Lipinski definition) is 1. The normalized spacial score (nSPS) is 18.1. The van der Waals surface area contributed by atoms with Gasteiger partial charge >= 0.3 is 6.09 Å². The summed E-state index contributed by atoms with van der Waals surface area (Å²) in [6, 6.07) is -0.517. The van der Waals surface area contributed by atoms with E-state index in [9.17, 15) is 9.59 Å². The van der Waals surface area contributed by atoms with Crippen LogP contribution in [0.5, 0.6) is 0 Å². The number of aromatic nitrogens is 3.